The van der Waals surface area contributed by atoms with Crippen molar-refractivity contribution in [2.75, 3.05) is 0 Å². The molecule has 0 saturated heterocycles. The Hall–Kier alpha value is -2.70. The second-order valence-corrected chi connectivity index (χ2v) is 4.02. The molecule has 0 radical (unpaired) electrons. The number of aryl methyl sites for hydroxylation is 1. The van der Waals surface area contributed by atoms with E-state index in [9.17, 15) is 14.4 Å². The molecule has 0 unspecified atom stereocenters. The van der Waals surface area contributed by atoms with E-state index in [1.807, 2.05) is 0 Å². The molecule has 7 nitrogen and oxygen atoms in total. The van der Waals surface area contributed by atoms with Crippen molar-refractivity contribution in [1.82, 2.24) is 14.5 Å². The molecule has 2 N–H and O–H groups in total. The maximum atomic E-state index is 11.6. The number of pyridine rings is 1. The Kier molecular flexibility index (Phi) is 3.28. The fourth-order valence-corrected chi connectivity index (χ4v) is 1.60. The third kappa shape index (κ3) is 2.76. The van der Waals surface area contributed by atoms with Crippen molar-refractivity contribution >= 4 is 5.97 Å². The Bertz CT molecular complexity index is 745. The molecule has 98 valence electrons. The van der Waals surface area contributed by atoms with Crippen molar-refractivity contribution in [3.05, 3.63) is 62.2 Å². The number of aromatic nitrogens is 3. The van der Waals surface area contributed by atoms with Gasteiger partial charge in [-0.1, -0.05) is 6.07 Å². The predicted molar refractivity (Wildman–Crippen MR) is 66.4 cm³/mol. The minimum absolute atomic E-state index is 0.0910. The van der Waals surface area contributed by atoms with Crippen molar-refractivity contribution < 1.29 is 9.90 Å². The van der Waals surface area contributed by atoms with Gasteiger partial charge < -0.3 is 5.11 Å². The Labute approximate surface area is 107 Å². The van der Waals surface area contributed by atoms with Crippen LogP contribution in [0.3, 0.4) is 0 Å². The van der Waals surface area contributed by atoms with E-state index in [0.29, 0.717) is 11.3 Å². The largest absolute Gasteiger partial charge is 0.477 e. The van der Waals surface area contributed by atoms with Crippen molar-refractivity contribution in [3.8, 4) is 0 Å². The van der Waals surface area contributed by atoms with E-state index in [0.717, 1.165) is 0 Å². The number of H-pyrrole nitrogens is 1. The van der Waals surface area contributed by atoms with Crippen LogP contribution in [-0.4, -0.2) is 25.6 Å². The Balaban J connectivity index is 2.39. The van der Waals surface area contributed by atoms with Crippen molar-refractivity contribution in [1.29, 1.82) is 0 Å². The van der Waals surface area contributed by atoms with Gasteiger partial charge in [0.2, 0.25) is 0 Å². The first kappa shape index (κ1) is 12.7. The molecule has 0 bridgehead atoms. The molecule has 19 heavy (non-hydrogen) atoms. The normalized spacial score (nSPS) is 10.4. The first-order chi connectivity index (χ1) is 8.97. The lowest BCUT2D eigenvalue weighted by atomic mass is 10.3. The molecule has 0 aromatic carbocycles. The van der Waals surface area contributed by atoms with E-state index in [1.165, 1.54) is 16.8 Å². The van der Waals surface area contributed by atoms with E-state index in [2.05, 4.69) is 9.97 Å². The lowest BCUT2D eigenvalue weighted by molar-refractivity contribution is 0.0690. The van der Waals surface area contributed by atoms with Crippen LogP contribution in [0.4, 0.5) is 0 Å². The summed E-state index contributed by atoms with van der Waals surface area (Å²) in [5.74, 6) is -1.13. The minimum Gasteiger partial charge on any atom is -0.477 e. The summed E-state index contributed by atoms with van der Waals surface area (Å²) in [7, 11) is 0. The first-order valence-electron chi connectivity index (χ1n) is 5.47. The lowest BCUT2D eigenvalue weighted by Gasteiger charge is -2.06. The summed E-state index contributed by atoms with van der Waals surface area (Å²) < 4.78 is 1.27. The van der Waals surface area contributed by atoms with Gasteiger partial charge in [0.25, 0.3) is 5.56 Å². The molecule has 7 heteroatoms. The Morgan fingerprint density at radius 2 is 2.16 bits per heavy atom. The fraction of sp³-hybridized carbons (Fsp3) is 0.167. The van der Waals surface area contributed by atoms with Crippen molar-refractivity contribution in [2.45, 2.75) is 13.5 Å². The highest BCUT2D eigenvalue weighted by molar-refractivity contribution is 5.85. The Morgan fingerprint density at radius 3 is 2.84 bits per heavy atom. The number of carbonyl (C=O) groups is 1. The number of hydrogen-bond donors (Lipinski definition) is 2. The van der Waals surface area contributed by atoms with Gasteiger partial charge in [-0.15, -0.1) is 0 Å². The van der Waals surface area contributed by atoms with Crippen LogP contribution >= 0.6 is 0 Å². The quantitative estimate of drug-likeness (QED) is 0.808. The topological polar surface area (TPSA) is 105 Å². The van der Waals surface area contributed by atoms with Gasteiger partial charge in [-0.25, -0.2) is 14.6 Å². The molecule has 2 rings (SSSR count). The molecular weight excluding hydrogens is 250 g/mol. The van der Waals surface area contributed by atoms with Gasteiger partial charge >= 0.3 is 11.7 Å². The smallest absolute Gasteiger partial charge is 0.354 e. The standard InChI is InChI=1S/C12H11N3O4/c1-7-5-15(12(19)14-10(7)16)6-8-3-2-4-9(13-8)11(17)18/h2-5H,6H2,1H3,(H,17,18)(H,14,16,19). The summed E-state index contributed by atoms with van der Waals surface area (Å²) in [5, 5.41) is 8.83. The number of hydrogen-bond acceptors (Lipinski definition) is 4. The molecule has 0 aliphatic carbocycles. The molecular formula is C12H11N3O4. The summed E-state index contributed by atoms with van der Waals surface area (Å²) >= 11 is 0. The molecule has 0 atom stereocenters. The second kappa shape index (κ2) is 4.89. The minimum atomic E-state index is -1.13. The third-order valence-electron chi connectivity index (χ3n) is 2.55. The van der Waals surface area contributed by atoms with Gasteiger partial charge in [-0.3, -0.25) is 14.3 Å². The van der Waals surface area contributed by atoms with Crippen LogP contribution in [0.15, 0.2) is 34.0 Å². The van der Waals surface area contributed by atoms with Gasteiger partial charge in [-0.2, -0.15) is 0 Å². The van der Waals surface area contributed by atoms with E-state index >= 15 is 0 Å². The SMILES string of the molecule is Cc1cn(Cc2cccc(C(=O)O)n2)c(=O)[nH]c1=O. The van der Waals surface area contributed by atoms with Crippen molar-refractivity contribution in [3.63, 3.8) is 0 Å². The molecule has 2 aromatic rings. The molecule has 2 aromatic heterocycles. The molecule has 0 aliphatic heterocycles. The number of nitrogens with zero attached hydrogens (tertiary/aromatic N) is 2. The maximum absolute atomic E-state index is 11.6. The summed E-state index contributed by atoms with van der Waals surface area (Å²) in [6.45, 7) is 1.67. The van der Waals surface area contributed by atoms with E-state index in [-0.39, 0.29) is 12.2 Å². The maximum Gasteiger partial charge on any atom is 0.354 e. The van der Waals surface area contributed by atoms with Gasteiger partial charge in [-0.05, 0) is 19.1 Å². The molecule has 2 heterocycles. The van der Waals surface area contributed by atoms with Crippen LogP contribution in [0.1, 0.15) is 21.7 Å². The monoisotopic (exact) mass is 261 g/mol. The highest BCUT2D eigenvalue weighted by atomic mass is 16.4. The zero-order chi connectivity index (χ0) is 14.0. The van der Waals surface area contributed by atoms with Crippen molar-refractivity contribution in [2.24, 2.45) is 0 Å². The van der Waals surface area contributed by atoms with E-state index < -0.39 is 17.2 Å². The summed E-state index contributed by atoms with van der Waals surface area (Å²) in [6, 6.07) is 4.53. The third-order valence-corrected chi connectivity index (χ3v) is 2.55. The zero-order valence-electron chi connectivity index (χ0n) is 10.1. The average molecular weight is 261 g/mol. The lowest BCUT2D eigenvalue weighted by Crippen LogP contribution is -2.31. The fourth-order valence-electron chi connectivity index (χ4n) is 1.60. The number of carboxylic acid groups (broad SMARTS) is 1. The van der Waals surface area contributed by atoms with E-state index in [1.54, 1.807) is 19.1 Å². The van der Waals surface area contributed by atoms with E-state index in [4.69, 9.17) is 5.11 Å². The van der Waals surface area contributed by atoms with Crippen LogP contribution < -0.4 is 11.2 Å². The highest BCUT2D eigenvalue weighted by Crippen LogP contribution is 2.01. The zero-order valence-corrected chi connectivity index (χ0v) is 10.1. The van der Waals surface area contributed by atoms with Gasteiger partial charge in [0.15, 0.2) is 0 Å². The Morgan fingerprint density at radius 1 is 1.42 bits per heavy atom. The summed E-state index contributed by atoms with van der Waals surface area (Å²) in [5.41, 5.74) is -0.263. The average Bonchev–Trinajstić information content (AvgIpc) is 2.36. The number of nitrogens with one attached hydrogen (secondary N) is 1. The van der Waals surface area contributed by atoms with Crippen LogP contribution in [0.25, 0.3) is 0 Å². The van der Waals surface area contributed by atoms with Crippen LogP contribution in [0.2, 0.25) is 0 Å². The van der Waals surface area contributed by atoms with Crippen LogP contribution in [0, 0.1) is 6.92 Å². The number of rotatable bonds is 3. The number of aromatic carboxylic acids is 1. The molecule has 0 spiro atoms. The first-order valence-corrected chi connectivity index (χ1v) is 5.47. The molecule has 0 fully saturated rings. The van der Waals surface area contributed by atoms with Gasteiger partial charge in [0.05, 0.1) is 12.2 Å². The number of aromatic amines is 1. The molecule has 0 saturated carbocycles. The summed E-state index contributed by atoms with van der Waals surface area (Å²) in [6.07, 6.45) is 1.41. The molecule has 0 aliphatic rings. The number of carboxylic acids is 1. The second-order valence-electron chi connectivity index (χ2n) is 4.02. The van der Waals surface area contributed by atoms with Gasteiger partial charge in [0, 0.05) is 11.8 Å². The van der Waals surface area contributed by atoms with Crippen LogP contribution in [0.5, 0.6) is 0 Å². The van der Waals surface area contributed by atoms with Gasteiger partial charge in [0.1, 0.15) is 5.69 Å². The predicted octanol–water partition coefficient (Wildman–Crippen LogP) is -0.0135. The molecule has 0 amide bonds. The highest BCUT2D eigenvalue weighted by Gasteiger charge is 2.07. The summed E-state index contributed by atoms with van der Waals surface area (Å²) in [4.78, 5) is 39.7. The van der Waals surface area contributed by atoms with Crippen LogP contribution in [-0.2, 0) is 6.54 Å².